The molecule has 1 unspecified atom stereocenters. The van der Waals surface area contributed by atoms with E-state index in [1.54, 1.807) is 6.07 Å². The Labute approximate surface area is 104 Å². The fourth-order valence-electron chi connectivity index (χ4n) is 2.88. The number of nitrogens with one attached hydrogen (secondary N) is 1. The minimum atomic E-state index is 0.167. The average Bonchev–Trinajstić information content (AvgIpc) is 2.66. The van der Waals surface area contributed by atoms with E-state index in [0.29, 0.717) is 5.75 Å². The Morgan fingerprint density at radius 1 is 1.35 bits per heavy atom. The van der Waals surface area contributed by atoms with Crippen LogP contribution in [0, 0.1) is 5.41 Å². The lowest BCUT2D eigenvalue weighted by atomic mass is 9.69. The summed E-state index contributed by atoms with van der Waals surface area (Å²) in [6, 6.07) is 7.64. The second kappa shape index (κ2) is 4.34. The smallest absolute Gasteiger partial charge is 0.115 e. The number of phenolic OH excluding ortho intramolecular Hbond substituents is 1. The second-order valence-electron chi connectivity index (χ2n) is 6.21. The fraction of sp³-hybridized carbons (Fsp3) is 0.600. The second-order valence-corrected chi connectivity index (χ2v) is 6.21. The first-order valence-electron chi connectivity index (χ1n) is 6.46. The standard InChI is InChI=1S/C15H23NO/c1-14(2,3)15(8-5-9-16-15)11-12-6-4-7-13(17)10-12/h4,6-7,10,16-17H,5,8-9,11H2,1-3H3. The molecule has 1 saturated heterocycles. The van der Waals surface area contributed by atoms with Crippen molar-refractivity contribution < 1.29 is 5.11 Å². The van der Waals surface area contributed by atoms with Gasteiger partial charge in [-0.25, -0.2) is 0 Å². The molecule has 0 saturated carbocycles. The van der Waals surface area contributed by atoms with Crippen LogP contribution < -0.4 is 5.32 Å². The van der Waals surface area contributed by atoms with Gasteiger partial charge in [0.05, 0.1) is 0 Å². The highest BCUT2D eigenvalue weighted by molar-refractivity contribution is 5.29. The molecule has 1 aromatic rings. The van der Waals surface area contributed by atoms with Crippen LogP contribution in [0.5, 0.6) is 5.75 Å². The molecule has 0 radical (unpaired) electrons. The number of rotatable bonds is 2. The van der Waals surface area contributed by atoms with E-state index in [4.69, 9.17) is 0 Å². The van der Waals surface area contributed by atoms with Crippen LogP contribution in [0.4, 0.5) is 0 Å². The zero-order valence-electron chi connectivity index (χ0n) is 11.1. The molecule has 0 spiro atoms. The molecular formula is C15H23NO. The van der Waals surface area contributed by atoms with Gasteiger partial charge in [-0.2, -0.15) is 0 Å². The molecule has 0 bridgehead atoms. The molecule has 1 aliphatic heterocycles. The Morgan fingerprint density at radius 2 is 2.12 bits per heavy atom. The first-order chi connectivity index (χ1) is 7.93. The maximum Gasteiger partial charge on any atom is 0.115 e. The lowest BCUT2D eigenvalue weighted by molar-refractivity contribution is 0.159. The van der Waals surface area contributed by atoms with Crippen molar-refractivity contribution in [3.05, 3.63) is 29.8 Å². The Kier molecular flexibility index (Phi) is 3.17. The van der Waals surface area contributed by atoms with Crippen molar-refractivity contribution in [2.45, 2.75) is 45.6 Å². The third-order valence-corrected chi connectivity index (χ3v) is 4.10. The number of benzene rings is 1. The van der Waals surface area contributed by atoms with Crippen LogP contribution in [-0.2, 0) is 6.42 Å². The molecule has 1 atom stereocenters. The van der Waals surface area contributed by atoms with E-state index in [2.05, 4.69) is 32.2 Å². The van der Waals surface area contributed by atoms with Crippen LogP contribution in [0.25, 0.3) is 0 Å². The summed E-state index contributed by atoms with van der Waals surface area (Å²) in [4.78, 5) is 0. The third-order valence-electron chi connectivity index (χ3n) is 4.10. The van der Waals surface area contributed by atoms with Crippen LogP contribution in [0.2, 0.25) is 0 Å². The summed E-state index contributed by atoms with van der Waals surface area (Å²) in [5.41, 5.74) is 1.62. The zero-order valence-corrected chi connectivity index (χ0v) is 11.1. The SMILES string of the molecule is CC(C)(C)C1(Cc2cccc(O)c2)CCCN1. The lowest BCUT2D eigenvalue weighted by Crippen LogP contribution is -2.52. The average molecular weight is 233 g/mol. The van der Waals surface area contributed by atoms with E-state index >= 15 is 0 Å². The lowest BCUT2D eigenvalue weighted by Gasteiger charge is -2.42. The topological polar surface area (TPSA) is 32.3 Å². The van der Waals surface area contributed by atoms with E-state index in [9.17, 15) is 5.11 Å². The van der Waals surface area contributed by atoms with Gasteiger partial charge in [0.25, 0.3) is 0 Å². The van der Waals surface area contributed by atoms with Gasteiger partial charge in [-0.1, -0.05) is 32.9 Å². The molecule has 1 fully saturated rings. The molecule has 1 aliphatic rings. The highest BCUT2D eigenvalue weighted by Gasteiger charge is 2.43. The minimum absolute atomic E-state index is 0.167. The Hall–Kier alpha value is -1.02. The van der Waals surface area contributed by atoms with Crippen LogP contribution in [0.3, 0.4) is 0 Å². The summed E-state index contributed by atoms with van der Waals surface area (Å²) < 4.78 is 0. The molecule has 94 valence electrons. The highest BCUT2D eigenvalue weighted by Crippen LogP contribution is 2.40. The number of hydrogen-bond acceptors (Lipinski definition) is 2. The van der Waals surface area contributed by atoms with Crippen molar-refractivity contribution in [3.63, 3.8) is 0 Å². The van der Waals surface area contributed by atoms with E-state index in [1.165, 1.54) is 18.4 Å². The zero-order chi connectivity index (χ0) is 12.5. The fourth-order valence-corrected chi connectivity index (χ4v) is 2.88. The van der Waals surface area contributed by atoms with Crippen molar-refractivity contribution in [2.75, 3.05) is 6.54 Å². The summed E-state index contributed by atoms with van der Waals surface area (Å²) in [7, 11) is 0. The largest absolute Gasteiger partial charge is 0.508 e. The third kappa shape index (κ3) is 2.47. The number of hydrogen-bond donors (Lipinski definition) is 2. The summed E-state index contributed by atoms with van der Waals surface area (Å²) in [5.74, 6) is 0.365. The molecule has 0 amide bonds. The normalized spacial score (nSPS) is 25.1. The summed E-state index contributed by atoms with van der Waals surface area (Å²) in [6.07, 6.45) is 3.45. The molecule has 2 nitrogen and oxygen atoms in total. The van der Waals surface area contributed by atoms with Gasteiger partial charge >= 0.3 is 0 Å². The van der Waals surface area contributed by atoms with Gasteiger partial charge in [0.1, 0.15) is 5.75 Å². The van der Waals surface area contributed by atoms with Gasteiger partial charge in [0.2, 0.25) is 0 Å². The minimum Gasteiger partial charge on any atom is -0.508 e. The summed E-state index contributed by atoms with van der Waals surface area (Å²) in [6.45, 7) is 8.01. The Morgan fingerprint density at radius 3 is 2.65 bits per heavy atom. The van der Waals surface area contributed by atoms with Crippen molar-refractivity contribution in [1.29, 1.82) is 0 Å². The molecule has 1 heterocycles. The van der Waals surface area contributed by atoms with Crippen LogP contribution in [0.15, 0.2) is 24.3 Å². The van der Waals surface area contributed by atoms with Crippen LogP contribution in [0.1, 0.15) is 39.2 Å². The van der Waals surface area contributed by atoms with Crippen LogP contribution >= 0.6 is 0 Å². The van der Waals surface area contributed by atoms with E-state index < -0.39 is 0 Å². The first-order valence-corrected chi connectivity index (χ1v) is 6.46. The Bertz CT molecular complexity index is 386. The van der Waals surface area contributed by atoms with Gasteiger partial charge in [-0.3, -0.25) is 0 Å². The van der Waals surface area contributed by atoms with Gasteiger partial charge in [0, 0.05) is 5.54 Å². The molecule has 1 aromatic carbocycles. The van der Waals surface area contributed by atoms with Crippen LogP contribution in [-0.4, -0.2) is 17.2 Å². The monoisotopic (exact) mass is 233 g/mol. The molecule has 0 aliphatic carbocycles. The molecule has 0 aromatic heterocycles. The first kappa shape index (κ1) is 12.4. The number of aromatic hydroxyl groups is 1. The molecular weight excluding hydrogens is 210 g/mol. The van der Waals surface area contributed by atoms with Gasteiger partial charge in [0.15, 0.2) is 0 Å². The predicted molar refractivity (Wildman–Crippen MR) is 71.2 cm³/mol. The van der Waals surface area contributed by atoms with Gasteiger partial charge in [-0.05, 0) is 48.9 Å². The maximum absolute atomic E-state index is 9.55. The number of phenols is 1. The van der Waals surface area contributed by atoms with Gasteiger partial charge < -0.3 is 10.4 Å². The van der Waals surface area contributed by atoms with Crippen molar-refractivity contribution >= 4 is 0 Å². The quantitative estimate of drug-likeness (QED) is 0.822. The van der Waals surface area contributed by atoms with E-state index in [-0.39, 0.29) is 11.0 Å². The molecule has 17 heavy (non-hydrogen) atoms. The Balaban J connectivity index is 2.25. The van der Waals surface area contributed by atoms with Crippen molar-refractivity contribution in [1.82, 2.24) is 5.32 Å². The summed E-state index contributed by atoms with van der Waals surface area (Å²) >= 11 is 0. The molecule has 2 N–H and O–H groups in total. The molecule has 2 rings (SSSR count). The van der Waals surface area contributed by atoms with Crippen molar-refractivity contribution in [3.8, 4) is 5.75 Å². The summed E-state index contributed by atoms with van der Waals surface area (Å²) in [5, 5.41) is 13.2. The molecule has 2 heteroatoms. The maximum atomic E-state index is 9.55. The highest BCUT2D eigenvalue weighted by atomic mass is 16.3. The van der Waals surface area contributed by atoms with Gasteiger partial charge in [-0.15, -0.1) is 0 Å². The van der Waals surface area contributed by atoms with E-state index in [1.807, 2.05) is 12.1 Å². The van der Waals surface area contributed by atoms with E-state index in [0.717, 1.165) is 13.0 Å². The van der Waals surface area contributed by atoms with Crippen molar-refractivity contribution in [2.24, 2.45) is 5.41 Å². The predicted octanol–water partition coefficient (Wildman–Crippen LogP) is 3.10.